The van der Waals surface area contributed by atoms with Gasteiger partial charge in [0.05, 0.1) is 11.4 Å². The Labute approximate surface area is 108 Å². The van der Waals surface area contributed by atoms with E-state index in [1.807, 2.05) is 12.1 Å². The summed E-state index contributed by atoms with van der Waals surface area (Å²) in [4.78, 5) is 0. The number of aryl methyl sites for hydroxylation is 1. The van der Waals surface area contributed by atoms with Gasteiger partial charge in [0.1, 0.15) is 0 Å². The molecule has 5 heteroatoms. The van der Waals surface area contributed by atoms with Crippen molar-refractivity contribution in [1.82, 2.24) is 0 Å². The van der Waals surface area contributed by atoms with Crippen LogP contribution in [0.3, 0.4) is 0 Å². The predicted molar refractivity (Wildman–Crippen MR) is 72.2 cm³/mol. The van der Waals surface area contributed by atoms with E-state index in [1.54, 1.807) is 0 Å². The molecule has 0 unspecified atom stereocenters. The lowest BCUT2D eigenvalue weighted by atomic mass is 9.91. The highest BCUT2D eigenvalue weighted by molar-refractivity contribution is 7.92. The highest BCUT2D eigenvalue weighted by Gasteiger charge is 2.16. The smallest absolute Gasteiger partial charge is 0.232 e. The Morgan fingerprint density at radius 3 is 2.78 bits per heavy atom. The Morgan fingerprint density at radius 1 is 1.22 bits per heavy atom. The van der Waals surface area contributed by atoms with Crippen LogP contribution in [0.5, 0.6) is 0 Å². The first-order valence-electron chi connectivity index (χ1n) is 6.34. The van der Waals surface area contributed by atoms with E-state index in [2.05, 4.69) is 10.8 Å². The lowest BCUT2D eigenvalue weighted by Crippen LogP contribution is -2.19. The van der Waals surface area contributed by atoms with E-state index < -0.39 is 10.0 Å². The molecule has 1 aliphatic carbocycles. The van der Waals surface area contributed by atoms with Crippen molar-refractivity contribution >= 4 is 15.7 Å². The van der Waals surface area contributed by atoms with Crippen molar-refractivity contribution in [3.63, 3.8) is 0 Å². The fourth-order valence-corrected chi connectivity index (χ4v) is 3.49. The van der Waals surface area contributed by atoms with E-state index >= 15 is 0 Å². The molecule has 0 bridgehead atoms. The molecule has 0 radical (unpaired) electrons. The van der Waals surface area contributed by atoms with E-state index in [4.69, 9.17) is 5.11 Å². The fourth-order valence-electron chi connectivity index (χ4n) is 2.35. The second-order valence-electron chi connectivity index (χ2n) is 4.65. The van der Waals surface area contributed by atoms with Crippen molar-refractivity contribution in [2.75, 3.05) is 17.1 Å². The number of aliphatic hydroxyl groups excluding tert-OH is 1. The van der Waals surface area contributed by atoms with Crippen LogP contribution in [-0.2, 0) is 22.9 Å². The molecule has 2 rings (SSSR count). The monoisotopic (exact) mass is 269 g/mol. The van der Waals surface area contributed by atoms with Gasteiger partial charge < -0.3 is 5.11 Å². The minimum Gasteiger partial charge on any atom is -0.396 e. The zero-order chi connectivity index (χ0) is 13.0. The van der Waals surface area contributed by atoms with Gasteiger partial charge >= 0.3 is 0 Å². The molecule has 0 saturated heterocycles. The average Bonchev–Trinajstić information content (AvgIpc) is 2.37. The van der Waals surface area contributed by atoms with Gasteiger partial charge in [0.15, 0.2) is 0 Å². The van der Waals surface area contributed by atoms with Crippen molar-refractivity contribution < 1.29 is 13.5 Å². The molecule has 0 spiro atoms. The third-order valence-corrected chi connectivity index (χ3v) is 4.59. The summed E-state index contributed by atoms with van der Waals surface area (Å²) in [5, 5.41) is 8.70. The lowest BCUT2D eigenvalue weighted by molar-refractivity contribution is 0.295. The van der Waals surface area contributed by atoms with Gasteiger partial charge in [-0.05, 0) is 49.3 Å². The summed E-state index contributed by atoms with van der Waals surface area (Å²) < 4.78 is 26.3. The summed E-state index contributed by atoms with van der Waals surface area (Å²) in [5.41, 5.74) is 3.10. The largest absolute Gasteiger partial charge is 0.396 e. The first-order chi connectivity index (χ1) is 8.62. The number of aliphatic hydroxyl groups is 1. The molecule has 4 nitrogen and oxygen atoms in total. The number of nitrogens with one attached hydrogen (secondary N) is 1. The molecule has 0 amide bonds. The quantitative estimate of drug-likeness (QED) is 0.855. The fraction of sp³-hybridized carbons (Fsp3) is 0.538. The number of rotatable bonds is 5. The number of fused-ring (bicyclic) bond motifs is 1. The van der Waals surface area contributed by atoms with Gasteiger partial charge in [-0.25, -0.2) is 8.42 Å². The molecule has 0 heterocycles. The van der Waals surface area contributed by atoms with Crippen molar-refractivity contribution in [3.05, 3.63) is 29.3 Å². The van der Waals surface area contributed by atoms with Crippen molar-refractivity contribution in [2.24, 2.45) is 0 Å². The number of hydrogen-bond donors (Lipinski definition) is 2. The third kappa shape index (κ3) is 3.23. The van der Waals surface area contributed by atoms with Crippen LogP contribution in [0.2, 0.25) is 0 Å². The Hall–Kier alpha value is -1.07. The van der Waals surface area contributed by atoms with Crippen LogP contribution < -0.4 is 4.72 Å². The van der Waals surface area contributed by atoms with Crippen molar-refractivity contribution in [2.45, 2.75) is 32.1 Å². The molecule has 0 aliphatic heterocycles. The predicted octanol–water partition coefficient (Wildman–Crippen LogP) is 1.69. The zero-order valence-electron chi connectivity index (χ0n) is 10.4. The second kappa shape index (κ2) is 5.71. The minimum atomic E-state index is -3.34. The molecular formula is C13H19NO3S. The molecular weight excluding hydrogens is 250 g/mol. The van der Waals surface area contributed by atoms with Gasteiger partial charge in [0, 0.05) is 6.61 Å². The SMILES string of the molecule is O=S(=O)(CCCO)Nc1cccc2c1CCCC2. The van der Waals surface area contributed by atoms with Gasteiger partial charge in [-0.2, -0.15) is 0 Å². The Morgan fingerprint density at radius 2 is 2.00 bits per heavy atom. The maximum Gasteiger partial charge on any atom is 0.232 e. The summed E-state index contributed by atoms with van der Waals surface area (Å²) in [5.74, 6) is -0.0346. The summed E-state index contributed by atoms with van der Waals surface area (Å²) in [7, 11) is -3.34. The molecule has 100 valence electrons. The van der Waals surface area contributed by atoms with Crippen LogP contribution in [0.25, 0.3) is 0 Å². The van der Waals surface area contributed by atoms with Crippen LogP contribution in [0, 0.1) is 0 Å². The van der Waals surface area contributed by atoms with E-state index in [-0.39, 0.29) is 18.8 Å². The Kier molecular flexibility index (Phi) is 4.24. The second-order valence-corrected chi connectivity index (χ2v) is 6.49. The summed E-state index contributed by atoms with van der Waals surface area (Å²) in [6.07, 6.45) is 4.52. The summed E-state index contributed by atoms with van der Waals surface area (Å²) in [6, 6.07) is 5.79. The van der Waals surface area contributed by atoms with Gasteiger partial charge in [-0.3, -0.25) is 4.72 Å². The van der Waals surface area contributed by atoms with Crippen molar-refractivity contribution in [3.8, 4) is 0 Å². The van der Waals surface area contributed by atoms with Crippen LogP contribution >= 0.6 is 0 Å². The van der Waals surface area contributed by atoms with Crippen molar-refractivity contribution in [1.29, 1.82) is 0 Å². The Bertz CT molecular complexity index is 511. The lowest BCUT2D eigenvalue weighted by Gasteiger charge is -2.20. The van der Waals surface area contributed by atoms with Gasteiger partial charge in [-0.15, -0.1) is 0 Å². The third-order valence-electron chi connectivity index (χ3n) is 3.23. The standard InChI is InChI=1S/C13H19NO3S/c15-9-4-10-18(16,17)14-13-8-3-6-11-5-1-2-7-12(11)13/h3,6,8,14-15H,1-2,4-5,7,9-10H2. The molecule has 1 aliphatic rings. The Balaban J connectivity index is 2.19. The van der Waals surface area contributed by atoms with Crippen LogP contribution in [0.4, 0.5) is 5.69 Å². The van der Waals surface area contributed by atoms with Crippen LogP contribution in [0.1, 0.15) is 30.4 Å². The number of benzene rings is 1. The van der Waals surface area contributed by atoms with E-state index in [1.165, 1.54) is 12.0 Å². The molecule has 0 fully saturated rings. The number of anilines is 1. The molecule has 0 aromatic heterocycles. The van der Waals surface area contributed by atoms with Gasteiger partial charge in [0.25, 0.3) is 0 Å². The van der Waals surface area contributed by atoms with E-state index in [0.717, 1.165) is 24.8 Å². The van der Waals surface area contributed by atoms with E-state index in [9.17, 15) is 8.42 Å². The molecule has 18 heavy (non-hydrogen) atoms. The molecule has 1 aromatic carbocycles. The molecule has 0 atom stereocenters. The van der Waals surface area contributed by atoms with Crippen LogP contribution in [0.15, 0.2) is 18.2 Å². The van der Waals surface area contributed by atoms with E-state index in [0.29, 0.717) is 5.69 Å². The van der Waals surface area contributed by atoms with Gasteiger partial charge in [0.2, 0.25) is 10.0 Å². The number of sulfonamides is 1. The highest BCUT2D eigenvalue weighted by Crippen LogP contribution is 2.28. The number of hydrogen-bond acceptors (Lipinski definition) is 3. The highest BCUT2D eigenvalue weighted by atomic mass is 32.2. The normalized spacial score (nSPS) is 15.2. The molecule has 0 saturated carbocycles. The van der Waals surface area contributed by atoms with Gasteiger partial charge in [-0.1, -0.05) is 12.1 Å². The first-order valence-corrected chi connectivity index (χ1v) is 8.00. The average molecular weight is 269 g/mol. The maximum absolute atomic E-state index is 11.8. The molecule has 1 aromatic rings. The maximum atomic E-state index is 11.8. The summed E-state index contributed by atoms with van der Waals surface area (Å²) in [6.45, 7) is -0.103. The first kappa shape index (κ1) is 13.4. The zero-order valence-corrected chi connectivity index (χ0v) is 11.2. The molecule has 2 N–H and O–H groups in total. The topological polar surface area (TPSA) is 66.4 Å². The summed E-state index contributed by atoms with van der Waals surface area (Å²) >= 11 is 0. The minimum absolute atomic E-state index is 0.0346. The van der Waals surface area contributed by atoms with Crippen LogP contribution in [-0.4, -0.2) is 25.9 Å².